The average Bonchev–Trinajstić information content (AvgIpc) is 3.26. The normalized spacial score (nSPS) is 13.5. The molecule has 0 unspecified atom stereocenters. The molecule has 4 aromatic rings. The summed E-state index contributed by atoms with van der Waals surface area (Å²) in [6.45, 7) is 4.23. The zero-order valence-electron chi connectivity index (χ0n) is 19.2. The van der Waals surface area contributed by atoms with Crippen LogP contribution in [-0.2, 0) is 11.3 Å². The molecule has 0 radical (unpaired) electrons. The topological polar surface area (TPSA) is 102 Å². The first-order valence-electron chi connectivity index (χ1n) is 11.3. The fourth-order valence-electron chi connectivity index (χ4n) is 3.85. The Morgan fingerprint density at radius 1 is 1.17 bits per heavy atom. The van der Waals surface area contributed by atoms with Gasteiger partial charge in [0.1, 0.15) is 18.2 Å². The molecular weight excluding hydrogens is 468 g/mol. The molecule has 0 atom stereocenters. The highest BCUT2D eigenvalue weighted by molar-refractivity contribution is 6.30. The Kier molecular flexibility index (Phi) is 6.69. The lowest BCUT2D eigenvalue weighted by Crippen LogP contribution is -2.28. The van der Waals surface area contributed by atoms with E-state index in [4.69, 9.17) is 26.1 Å². The molecule has 3 N–H and O–H groups in total. The Labute approximate surface area is 207 Å². The predicted molar refractivity (Wildman–Crippen MR) is 135 cm³/mol. The van der Waals surface area contributed by atoms with Crippen LogP contribution in [0.2, 0.25) is 5.02 Å². The Balaban J connectivity index is 1.39. The van der Waals surface area contributed by atoms with Crippen LogP contribution >= 0.6 is 11.6 Å². The van der Waals surface area contributed by atoms with Crippen molar-refractivity contribution in [3.8, 4) is 16.9 Å². The third-order valence-electron chi connectivity index (χ3n) is 5.69. The first kappa shape index (κ1) is 22.9. The third kappa shape index (κ3) is 5.31. The summed E-state index contributed by atoms with van der Waals surface area (Å²) in [4.78, 5) is 17.4. The molecule has 0 spiro atoms. The number of aryl methyl sites for hydroxylation is 1. The number of halogens is 1. The summed E-state index contributed by atoms with van der Waals surface area (Å²) in [6, 6.07) is 12.7. The van der Waals surface area contributed by atoms with Crippen LogP contribution < -0.4 is 20.7 Å². The van der Waals surface area contributed by atoms with Gasteiger partial charge in [0.05, 0.1) is 25.1 Å². The lowest BCUT2D eigenvalue weighted by atomic mass is 10.1. The summed E-state index contributed by atoms with van der Waals surface area (Å²) in [5, 5.41) is 14.1. The molecule has 2 amide bonds. The number of nitrogens with zero attached hydrogens (tertiary/aromatic N) is 3. The highest BCUT2D eigenvalue weighted by Gasteiger charge is 2.15. The van der Waals surface area contributed by atoms with E-state index in [0.29, 0.717) is 49.4 Å². The van der Waals surface area contributed by atoms with E-state index in [-0.39, 0.29) is 6.03 Å². The molecule has 1 aliphatic heterocycles. The average molecular weight is 493 g/mol. The maximum Gasteiger partial charge on any atom is 0.319 e. The molecule has 2 aromatic carbocycles. The highest BCUT2D eigenvalue weighted by atomic mass is 35.5. The predicted octanol–water partition coefficient (Wildman–Crippen LogP) is 4.50. The summed E-state index contributed by atoms with van der Waals surface area (Å²) in [7, 11) is 0. The molecule has 3 heterocycles. The Bertz CT molecular complexity index is 1370. The minimum absolute atomic E-state index is 0.337. The number of amides is 2. The van der Waals surface area contributed by atoms with Gasteiger partial charge in [-0.2, -0.15) is 5.10 Å². The third-order valence-corrected chi connectivity index (χ3v) is 5.93. The van der Waals surface area contributed by atoms with Gasteiger partial charge in [-0.15, -0.1) is 0 Å². The van der Waals surface area contributed by atoms with E-state index in [1.807, 2.05) is 55.6 Å². The van der Waals surface area contributed by atoms with Crippen molar-refractivity contribution in [1.29, 1.82) is 0 Å². The van der Waals surface area contributed by atoms with Crippen molar-refractivity contribution in [2.75, 3.05) is 37.0 Å². The van der Waals surface area contributed by atoms with Gasteiger partial charge < -0.3 is 25.4 Å². The number of nitrogens with one attached hydrogen (secondary N) is 3. The number of carbonyl (C=O) groups is 1. The van der Waals surface area contributed by atoms with E-state index >= 15 is 0 Å². The summed E-state index contributed by atoms with van der Waals surface area (Å²) in [5.74, 6) is 1.29. The van der Waals surface area contributed by atoms with Crippen molar-refractivity contribution < 1.29 is 14.3 Å². The summed E-state index contributed by atoms with van der Waals surface area (Å²) in [6.07, 6.45) is 3.63. The zero-order chi connectivity index (χ0) is 24.2. The maximum atomic E-state index is 12.7. The number of carbonyl (C=O) groups excluding carboxylic acids is 1. The van der Waals surface area contributed by atoms with Gasteiger partial charge in [0.25, 0.3) is 0 Å². The van der Waals surface area contributed by atoms with Crippen molar-refractivity contribution in [3.63, 3.8) is 0 Å². The molecule has 180 valence electrons. The number of hydrogen-bond donors (Lipinski definition) is 3. The molecule has 0 saturated heterocycles. The number of benzene rings is 2. The molecule has 4 bridgehead atoms. The zero-order valence-corrected chi connectivity index (χ0v) is 19.9. The first-order valence-corrected chi connectivity index (χ1v) is 11.7. The number of hydrogen-bond acceptors (Lipinski definition) is 6. The molecular formula is C25H25ClN6O3. The summed E-state index contributed by atoms with van der Waals surface area (Å²) < 4.78 is 13.4. The van der Waals surface area contributed by atoms with E-state index < -0.39 is 0 Å². The minimum Gasteiger partial charge on any atom is -0.489 e. The van der Waals surface area contributed by atoms with Gasteiger partial charge in [-0.1, -0.05) is 23.7 Å². The quantitative estimate of drug-likeness (QED) is 0.389. The molecule has 5 rings (SSSR count). The van der Waals surface area contributed by atoms with Crippen LogP contribution in [0.4, 0.5) is 16.3 Å². The van der Waals surface area contributed by atoms with Crippen LogP contribution in [0.15, 0.2) is 54.9 Å². The van der Waals surface area contributed by atoms with Crippen LogP contribution in [0, 0.1) is 6.92 Å². The van der Waals surface area contributed by atoms with Crippen molar-refractivity contribution >= 4 is 34.8 Å². The second-order valence-electron chi connectivity index (χ2n) is 8.12. The van der Waals surface area contributed by atoms with E-state index in [1.165, 1.54) is 0 Å². The smallest absolute Gasteiger partial charge is 0.319 e. The molecule has 0 fully saturated rings. The second-order valence-corrected chi connectivity index (χ2v) is 8.55. The van der Waals surface area contributed by atoms with Gasteiger partial charge in [0.2, 0.25) is 0 Å². The molecule has 0 aliphatic carbocycles. The number of rotatable bonds is 3. The lowest BCUT2D eigenvalue weighted by molar-refractivity contribution is 0.108. The minimum atomic E-state index is -0.337. The summed E-state index contributed by atoms with van der Waals surface area (Å²) in [5.41, 5.74) is 5.01. The van der Waals surface area contributed by atoms with Gasteiger partial charge in [-0.25, -0.2) is 14.3 Å². The largest absolute Gasteiger partial charge is 0.489 e. The SMILES string of the molecule is Cc1cc(Cl)ccc1CNC(=O)Nc1ccc2cc1OCCOCCNc1ccn3ncc-2c3n1. The van der Waals surface area contributed by atoms with Gasteiger partial charge in [0.15, 0.2) is 5.65 Å². The Morgan fingerprint density at radius 3 is 2.97 bits per heavy atom. The number of aromatic nitrogens is 3. The van der Waals surface area contributed by atoms with E-state index in [2.05, 4.69) is 21.0 Å². The number of urea groups is 1. The van der Waals surface area contributed by atoms with Crippen LogP contribution in [0.1, 0.15) is 11.1 Å². The van der Waals surface area contributed by atoms with Crippen LogP contribution in [-0.4, -0.2) is 47.0 Å². The maximum absolute atomic E-state index is 12.7. The number of anilines is 2. The Morgan fingerprint density at radius 2 is 2.09 bits per heavy atom. The van der Waals surface area contributed by atoms with Crippen molar-refractivity contribution in [2.45, 2.75) is 13.5 Å². The highest BCUT2D eigenvalue weighted by Crippen LogP contribution is 2.33. The van der Waals surface area contributed by atoms with E-state index in [9.17, 15) is 4.79 Å². The van der Waals surface area contributed by atoms with Crippen molar-refractivity contribution in [3.05, 3.63) is 71.0 Å². The fourth-order valence-corrected chi connectivity index (χ4v) is 4.07. The Hall–Kier alpha value is -3.82. The number of fused-ring (bicyclic) bond motifs is 4. The molecule has 2 aromatic heterocycles. The second kappa shape index (κ2) is 10.2. The fraction of sp³-hybridized carbons (Fsp3) is 0.240. The monoisotopic (exact) mass is 492 g/mol. The van der Waals surface area contributed by atoms with E-state index in [0.717, 1.165) is 33.7 Å². The first-order chi connectivity index (χ1) is 17.1. The van der Waals surface area contributed by atoms with Gasteiger partial charge in [-0.3, -0.25) is 0 Å². The van der Waals surface area contributed by atoms with E-state index in [1.54, 1.807) is 10.7 Å². The van der Waals surface area contributed by atoms with Crippen molar-refractivity contribution in [1.82, 2.24) is 19.9 Å². The summed E-state index contributed by atoms with van der Waals surface area (Å²) >= 11 is 6.02. The van der Waals surface area contributed by atoms with Crippen LogP contribution in [0.3, 0.4) is 0 Å². The van der Waals surface area contributed by atoms with Gasteiger partial charge in [-0.05, 0) is 53.9 Å². The van der Waals surface area contributed by atoms with Gasteiger partial charge >= 0.3 is 6.03 Å². The molecule has 9 nitrogen and oxygen atoms in total. The van der Waals surface area contributed by atoms with Crippen LogP contribution in [0.5, 0.6) is 5.75 Å². The van der Waals surface area contributed by atoms with Gasteiger partial charge in [0, 0.05) is 29.9 Å². The van der Waals surface area contributed by atoms with Crippen molar-refractivity contribution in [2.24, 2.45) is 0 Å². The molecule has 0 saturated carbocycles. The lowest BCUT2D eigenvalue weighted by Gasteiger charge is -2.16. The van der Waals surface area contributed by atoms with Crippen LogP contribution in [0.25, 0.3) is 16.8 Å². The standard InChI is InChI=1S/C25H25ClN6O3/c1-16-12-19(26)4-2-18(16)14-28-25(33)30-21-5-3-17-13-22(21)35-11-10-34-9-7-27-23-6-8-32-24(31-23)20(17)15-29-32/h2-6,8,12-13,15H,7,9-11,14H2,1H3,(H,27,31)(H2,28,30,33). The molecule has 10 heteroatoms. The molecule has 1 aliphatic rings. The molecule has 35 heavy (non-hydrogen) atoms. The number of ether oxygens (including phenoxy) is 2.